The molecule has 0 amide bonds. The highest BCUT2D eigenvalue weighted by atomic mass is 35.5. The Hall–Kier alpha value is -3.56. The van der Waals surface area contributed by atoms with Crippen LogP contribution in [0.5, 0.6) is 5.75 Å². The highest BCUT2D eigenvalue weighted by Gasteiger charge is 2.28. The van der Waals surface area contributed by atoms with Gasteiger partial charge in [0.2, 0.25) is 0 Å². The van der Waals surface area contributed by atoms with Gasteiger partial charge in [0, 0.05) is 29.4 Å². The number of benzene rings is 1. The van der Waals surface area contributed by atoms with Crippen LogP contribution in [0, 0.1) is 27.7 Å². The fraction of sp³-hybridized carbons (Fsp3) is 0.370. The lowest BCUT2D eigenvalue weighted by molar-refractivity contribution is 0.310. The molecule has 0 radical (unpaired) electrons. The summed E-state index contributed by atoms with van der Waals surface area (Å²) in [5.41, 5.74) is 6.16. The molecule has 9 nitrogen and oxygen atoms in total. The molecule has 0 atom stereocenters. The summed E-state index contributed by atoms with van der Waals surface area (Å²) < 4.78 is 11.5. The molecule has 1 aliphatic heterocycles. The molecule has 4 aromatic rings. The van der Waals surface area contributed by atoms with Gasteiger partial charge in [0.25, 0.3) is 0 Å². The Morgan fingerprint density at radius 3 is 2.70 bits per heavy atom. The van der Waals surface area contributed by atoms with Crippen molar-refractivity contribution in [2.24, 2.45) is 0 Å². The monoisotopic (exact) mass is 519 g/mol. The average molecular weight is 520 g/mol. The summed E-state index contributed by atoms with van der Waals surface area (Å²) in [4.78, 5) is 21.3. The molecule has 0 saturated heterocycles. The molecule has 1 aliphatic rings. The summed E-state index contributed by atoms with van der Waals surface area (Å²) in [5, 5.41) is 7.85. The number of hydrogen-bond donors (Lipinski definition) is 1. The molecule has 192 valence electrons. The van der Waals surface area contributed by atoms with Crippen molar-refractivity contribution >= 4 is 17.4 Å². The molecule has 3 aromatic heterocycles. The number of rotatable bonds is 8. The van der Waals surface area contributed by atoms with E-state index < -0.39 is 0 Å². The van der Waals surface area contributed by atoms with E-state index in [1.165, 1.54) is 0 Å². The fourth-order valence-electron chi connectivity index (χ4n) is 4.61. The lowest BCUT2D eigenvalue weighted by atomic mass is 10.0. The van der Waals surface area contributed by atoms with E-state index in [0.717, 1.165) is 64.1 Å². The van der Waals surface area contributed by atoms with Gasteiger partial charge >= 0.3 is 0 Å². The number of aromatic nitrogens is 5. The Bertz CT molecular complexity index is 1430. The number of ether oxygens (including phenoxy) is 1. The molecule has 0 saturated carbocycles. The lowest BCUT2D eigenvalue weighted by Gasteiger charge is -2.21. The van der Waals surface area contributed by atoms with Gasteiger partial charge in [-0.15, -0.1) is 0 Å². The number of hydrogen-bond acceptors (Lipinski definition) is 9. The van der Waals surface area contributed by atoms with Gasteiger partial charge in [-0.3, -0.25) is 0 Å². The minimum Gasteiger partial charge on any atom is -0.494 e. The van der Waals surface area contributed by atoms with Crippen molar-refractivity contribution in [2.75, 3.05) is 25.1 Å². The minimum absolute atomic E-state index is 0.513. The van der Waals surface area contributed by atoms with Crippen molar-refractivity contribution in [1.82, 2.24) is 30.4 Å². The first kappa shape index (κ1) is 25.1. The zero-order chi connectivity index (χ0) is 26.1. The van der Waals surface area contributed by atoms with Crippen molar-refractivity contribution in [3.05, 3.63) is 63.5 Å². The summed E-state index contributed by atoms with van der Waals surface area (Å²) in [6.45, 7) is 10.5. The quantitative estimate of drug-likeness (QED) is 0.323. The van der Waals surface area contributed by atoms with Crippen LogP contribution >= 0.6 is 11.6 Å². The third-order valence-corrected chi connectivity index (χ3v) is 6.81. The van der Waals surface area contributed by atoms with E-state index >= 15 is 0 Å². The average Bonchev–Trinajstić information content (AvgIpc) is 3.45. The molecule has 1 aromatic carbocycles. The molecule has 0 fully saturated rings. The zero-order valence-corrected chi connectivity index (χ0v) is 22.5. The molecular weight excluding hydrogens is 490 g/mol. The highest BCUT2D eigenvalue weighted by Crippen LogP contribution is 2.38. The van der Waals surface area contributed by atoms with E-state index in [1.807, 2.05) is 59.1 Å². The maximum absolute atomic E-state index is 6.69. The summed E-state index contributed by atoms with van der Waals surface area (Å²) in [6, 6.07) is 5.60. The molecule has 0 unspecified atom stereocenters. The topological polar surface area (TPSA) is 102 Å². The molecule has 0 bridgehead atoms. The van der Waals surface area contributed by atoms with Gasteiger partial charge in [0.15, 0.2) is 5.82 Å². The number of nitrogens with one attached hydrogen (secondary N) is 1. The van der Waals surface area contributed by atoms with Gasteiger partial charge in [0.05, 0.1) is 40.8 Å². The third kappa shape index (κ3) is 5.01. The fourth-order valence-corrected chi connectivity index (χ4v) is 4.81. The van der Waals surface area contributed by atoms with Crippen LogP contribution in [0.1, 0.15) is 40.5 Å². The van der Waals surface area contributed by atoms with E-state index in [1.54, 1.807) is 0 Å². The van der Waals surface area contributed by atoms with Gasteiger partial charge in [0.1, 0.15) is 23.2 Å². The third-order valence-electron chi connectivity index (χ3n) is 6.48. The van der Waals surface area contributed by atoms with Gasteiger partial charge in [-0.1, -0.05) is 16.8 Å². The van der Waals surface area contributed by atoms with Crippen LogP contribution in [-0.2, 0) is 13.1 Å². The smallest absolute Gasteiger partial charge is 0.163 e. The van der Waals surface area contributed by atoms with Crippen LogP contribution in [0.2, 0.25) is 5.02 Å². The minimum atomic E-state index is 0.513. The predicted octanol–water partition coefficient (Wildman–Crippen LogP) is 4.98. The van der Waals surface area contributed by atoms with E-state index in [4.69, 9.17) is 30.8 Å². The predicted molar refractivity (Wildman–Crippen MR) is 143 cm³/mol. The second-order valence-corrected chi connectivity index (χ2v) is 9.64. The Balaban J connectivity index is 1.61. The van der Waals surface area contributed by atoms with Crippen LogP contribution in [0.3, 0.4) is 0 Å². The summed E-state index contributed by atoms with van der Waals surface area (Å²) in [7, 11) is 1.93. The van der Waals surface area contributed by atoms with Crippen LogP contribution in [0.4, 0.5) is 5.82 Å². The van der Waals surface area contributed by atoms with Crippen molar-refractivity contribution in [2.45, 2.75) is 47.2 Å². The Labute approximate surface area is 221 Å². The lowest BCUT2D eigenvalue weighted by Crippen LogP contribution is -2.19. The second kappa shape index (κ2) is 10.4. The first-order valence-electron chi connectivity index (χ1n) is 12.3. The second-order valence-electron chi connectivity index (χ2n) is 9.24. The molecule has 0 spiro atoms. The van der Waals surface area contributed by atoms with E-state index in [-0.39, 0.29) is 0 Å². The first-order valence-corrected chi connectivity index (χ1v) is 12.7. The summed E-state index contributed by atoms with van der Waals surface area (Å²) in [5.74, 6) is 3.51. The van der Waals surface area contributed by atoms with Crippen molar-refractivity contribution in [3.8, 4) is 28.4 Å². The number of anilines is 1. The standard InChI is InChI=1S/C27H30ClN7O2/c1-15-25(24-16(2)34-37-17(24)3)32-26(21-11-20(7-8-22(21)28)36-10-6-9-29-5)33-27(15)35-13-19-12-30-18(4)31-23(19)14-35/h7-8,11-12,29H,6,9-10,13-14H2,1-5H3. The Morgan fingerprint density at radius 2 is 1.95 bits per heavy atom. The molecule has 0 aliphatic carbocycles. The SMILES string of the molecule is CNCCCOc1ccc(Cl)c(-c2nc(-c3c(C)noc3C)c(C)c(N3Cc4cnc(C)nc4C3)n2)c1. The largest absolute Gasteiger partial charge is 0.494 e. The van der Waals surface area contributed by atoms with E-state index in [9.17, 15) is 0 Å². The number of halogens is 1. The van der Waals surface area contributed by atoms with Crippen molar-refractivity contribution < 1.29 is 9.26 Å². The van der Waals surface area contributed by atoms with E-state index in [0.29, 0.717) is 41.9 Å². The molecule has 5 rings (SSSR count). The molecule has 10 heteroatoms. The Kier molecular flexibility index (Phi) is 7.08. The van der Waals surface area contributed by atoms with Gasteiger partial charge in [-0.2, -0.15) is 0 Å². The van der Waals surface area contributed by atoms with Crippen LogP contribution in [0.15, 0.2) is 28.9 Å². The highest BCUT2D eigenvalue weighted by molar-refractivity contribution is 6.33. The normalized spacial score (nSPS) is 12.8. The van der Waals surface area contributed by atoms with E-state index in [2.05, 4.69) is 25.3 Å². The molecule has 1 N–H and O–H groups in total. The summed E-state index contributed by atoms with van der Waals surface area (Å²) >= 11 is 6.69. The van der Waals surface area contributed by atoms with Crippen LogP contribution in [-0.4, -0.2) is 45.3 Å². The van der Waals surface area contributed by atoms with Crippen LogP contribution in [0.25, 0.3) is 22.6 Å². The number of aryl methyl sites for hydroxylation is 3. The zero-order valence-electron chi connectivity index (χ0n) is 21.7. The van der Waals surface area contributed by atoms with Gasteiger partial charge < -0.3 is 19.5 Å². The molecular formula is C27H30ClN7O2. The Morgan fingerprint density at radius 1 is 1.11 bits per heavy atom. The maximum atomic E-state index is 6.69. The molecule has 4 heterocycles. The summed E-state index contributed by atoms with van der Waals surface area (Å²) in [6.07, 6.45) is 2.80. The number of fused-ring (bicyclic) bond motifs is 1. The first-order chi connectivity index (χ1) is 17.9. The molecule has 37 heavy (non-hydrogen) atoms. The maximum Gasteiger partial charge on any atom is 0.163 e. The van der Waals surface area contributed by atoms with Crippen LogP contribution < -0.4 is 15.0 Å². The van der Waals surface area contributed by atoms with Crippen molar-refractivity contribution in [1.29, 1.82) is 0 Å². The van der Waals surface area contributed by atoms with Gasteiger partial charge in [-0.25, -0.2) is 19.9 Å². The van der Waals surface area contributed by atoms with Gasteiger partial charge in [-0.05, 0) is 65.9 Å². The van der Waals surface area contributed by atoms with Crippen molar-refractivity contribution in [3.63, 3.8) is 0 Å². The number of nitrogens with zero attached hydrogens (tertiary/aromatic N) is 6.